The second-order valence-corrected chi connectivity index (χ2v) is 5.93. The predicted molar refractivity (Wildman–Crippen MR) is 69.4 cm³/mol. The molecule has 0 bridgehead atoms. The number of hydrogen-bond donors (Lipinski definition) is 2. The third kappa shape index (κ3) is 1.89. The van der Waals surface area contributed by atoms with Crippen LogP contribution in [0.4, 0.5) is 5.82 Å². The second-order valence-electron chi connectivity index (χ2n) is 5.07. The lowest BCUT2D eigenvalue weighted by Gasteiger charge is -2.41. The molecule has 2 N–H and O–H groups in total. The monoisotopic (exact) mass is 249 g/mol. The van der Waals surface area contributed by atoms with Crippen molar-refractivity contribution in [2.24, 2.45) is 0 Å². The molecule has 0 amide bonds. The lowest BCUT2D eigenvalue weighted by Crippen LogP contribution is -2.48. The normalized spacial score (nSPS) is 28.1. The van der Waals surface area contributed by atoms with E-state index >= 15 is 0 Å². The second kappa shape index (κ2) is 3.65. The molecule has 2 aromatic heterocycles. The highest BCUT2D eigenvalue weighted by Crippen LogP contribution is 2.35. The Morgan fingerprint density at radius 1 is 1.47 bits per heavy atom. The van der Waals surface area contributed by atoms with Crippen LogP contribution >= 0.6 is 11.3 Å². The Balaban J connectivity index is 1.88. The largest absolute Gasteiger partial charge is 0.390 e. The molecule has 1 aliphatic rings. The van der Waals surface area contributed by atoms with Gasteiger partial charge in [0.1, 0.15) is 17.0 Å². The van der Waals surface area contributed by atoms with E-state index in [4.69, 9.17) is 0 Å². The lowest BCUT2D eigenvalue weighted by molar-refractivity contribution is -0.0234. The molecule has 3 rings (SSSR count). The Morgan fingerprint density at radius 2 is 2.24 bits per heavy atom. The highest BCUT2D eigenvalue weighted by atomic mass is 32.1. The molecule has 1 saturated carbocycles. The molecule has 5 heteroatoms. The van der Waals surface area contributed by atoms with Crippen LogP contribution in [0.1, 0.15) is 25.3 Å². The number of thiophene rings is 1. The topological polar surface area (TPSA) is 58.0 Å². The van der Waals surface area contributed by atoms with Gasteiger partial charge in [0, 0.05) is 6.04 Å². The minimum absolute atomic E-state index is 0.322. The van der Waals surface area contributed by atoms with Gasteiger partial charge in [0.15, 0.2) is 0 Å². The molecule has 0 unspecified atom stereocenters. The minimum Gasteiger partial charge on any atom is -0.390 e. The fraction of sp³-hybridized carbons (Fsp3) is 0.500. The van der Waals surface area contributed by atoms with Gasteiger partial charge in [-0.25, -0.2) is 9.97 Å². The number of nitrogens with zero attached hydrogens (tertiary/aromatic N) is 2. The number of anilines is 1. The van der Waals surface area contributed by atoms with E-state index in [9.17, 15) is 5.11 Å². The van der Waals surface area contributed by atoms with E-state index < -0.39 is 5.60 Å². The van der Waals surface area contributed by atoms with Crippen LogP contribution in [0.2, 0.25) is 0 Å². The first-order chi connectivity index (χ1) is 8.05. The van der Waals surface area contributed by atoms with Crippen molar-refractivity contribution in [3.05, 3.63) is 17.3 Å². The van der Waals surface area contributed by atoms with Gasteiger partial charge >= 0.3 is 0 Å². The number of hydrogen-bond acceptors (Lipinski definition) is 5. The number of aromatic nitrogens is 2. The van der Waals surface area contributed by atoms with Crippen molar-refractivity contribution in [2.75, 3.05) is 5.32 Å². The third-order valence-electron chi connectivity index (χ3n) is 3.27. The van der Waals surface area contributed by atoms with E-state index in [-0.39, 0.29) is 0 Å². The van der Waals surface area contributed by atoms with Crippen molar-refractivity contribution in [1.29, 1.82) is 0 Å². The van der Waals surface area contributed by atoms with E-state index in [1.807, 2.05) is 6.92 Å². The van der Waals surface area contributed by atoms with Gasteiger partial charge in [-0.15, -0.1) is 11.3 Å². The Morgan fingerprint density at radius 3 is 2.94 bits per heavy atom. The Bertz CT molecular complexity index is 556. The Hall–Kier alpha value is -1.20. The summed E-state index contributed by atoms with van der Waals surface area (Å²) in [6.45, 7) is 3.95. The number of aryl methyl sites for hydroxylation is 1. The van der Waals surface area contributed by atoms with Crippen LogP contribution in [0.25, 0.3) is 10.2 Å². The Labute approximate surface area is 104 Å². The van der Waals surface area contributed by atoms with Gasteiger partial charge in [-0.05, 0) is 37.6 Å². The maximum absolute atomic E-state index is 9.72. The van der Waals surface area contributed by atoms with E-state index in [2.05, 4.69) is 27.6 Å². The first-order valence-electron chi connectivity index (χ1n) is 5.73. The highest BCUT2D eigenvalue weighted by molar-refractivity contribution is 7.17. The van der Waals surface area contributed by atoms with Crippen molar-refractivity contribution in [3.63, 3.8) is 0 Å². The number of aliphatic hydroxyl groups is 1. The molecule has 0 aromatic carbocycles. The first kappa shape index (κ1) is 10.9. The van der Waals surface area contributed by atoms with E-state index in [0.717, 1.165) is 28.9 Å². The van der Waals surface area contributed by atoms with Crippen LogP contribution in [0, 0.1) is 6.92 Å². The summed E-state index contributed by atoms with van der Waals surface area (Å²) in [5.74, 6) is 0.897. The van der Waals surface area contributed by atoms with Crippen LogP contribution in [0.15, 0.2) is 11.7 Å². The number of nitrogens with one attached hydrogen (secondary N) is 1. The van der Waals surface area contributed by atoms with Crippen LogP contribution in [0.5, 0.6) is 0 Å². The average molecular weight is 249 g/mol. The number of rotatable bonds is 2. The molecule has 0 radical (unpaired) electrons. The van der Waals surface area contributed by atoms with Gasteiger partial charge in [0.25, 0.3) is 0 Å². The van der Waals surface area contributed by atoms with Crippen LogP contribution in [0.3, 0.4) is 0 Å². The van der Waals surface area contributed by atoms with Gasteiger partial charge in [-0.1, -0.05) is 0 Å². The molecule has 1 aliphatic carbocycles. The summed E-state index contributed by atoms with van der Waals surface area (Å²) in [4.78, 5) is 9.59. The van der Waals surface area contributed by atoms with Crippen molar-refractivity contribution < 1.29 is 5.11 Å². The molecule has 0 saturated heterocycles. The smallest absolute Gasteiger partial charge is 0.138 e. The van der Waals surface area contributed by atoms with E-state index in [1.165, 1.54) is 5.56 Å². The molecule has 0 atom stereocenters. The zero-order valence-electron chi connectivity index (χ0n) is 9.90. The van der Waals surface area contributed by atoms with Gasteiger partial charge < -0.3 is 10.4 Å². The third-order valence-corrected chi connectivity index (χ3v) is 4.27. The Kier molecular flexibility index (Phi) is 2.34. The quantitative estimate of drug-likeness (QED) is 0.857. The van der Waals surface area contributed by atoms with Gasteiger partial charge in [-0.2, -0.15) is 0 Å². The summed E-state index contributed by atoms with van der Waals surface area (Å²) < 4.78 is 0. The molecule has 1 fully saturated rings. The zero-order valence-corrected chi connectivity index (χ0v) is 10.7. The molecule has 90 valence electrons. The maximum Gasteiger partial charge on any atom is 0.138 e. The van der Waals surface area contributed by atoms with Gasteiger partial charge in [0.05, 0.1) is 11.0 Å². The molecule has 2 heterocycles. The molecule has 4 nitrogen and oxygen atoms in total. The van der Waals surface area contributed by atoms with E-state index in [0.29, 0.717) is 6.04 Å². The summed E-state index contributed by atoms with van der Waals surface area (Å²) >= 11 is 1.64. The van der Waals surface area contributed by atoms with Crippen LogP contribution < -0.4 is 5.32 Å². The number of fused-ring (bicyclic) bond motifs is 1. The van der Waals surface area contributed by atoms with E-state index in [1.54, 1.807) is 17.7 Å². The molecule has 0 spiro atoms. The summed E-state index contributed by atoms with van der Waals surface area (Å²) in [5.41, 5.74) is 0.701. The maximum atomic E-state index is 9.72. The predicted octanol–water partition coefficient (Wildman–Crippen LogP) is 2.33. The molecular weight excluding hydrogens is 234 g/mol. The van der Waals surface area contributed by atoms with Crippen molar-refractivity contribution in [1.82, 2.24) is 9.97 Å². The van der Waals surface area contributed by atoms with Crippen molar-refractivity contribution in [3.8, 4) is 0 Å². The van der Waals surface area contributed by atoms with Crippen LogP contribution in [-0.4, -0.2) is 26.7 Å². The average Bonchev–Trinajstić information content (AvgIpc) is 2.59. The molecule has 2 aromatic rings. The zero-order chi connectivity index (χ0) is 12.0. The molecular formula is C12H15N3OS. The summed E-state index contributed by atoms with van der Waals surface area (Å²) in [6.07, 6.45) is 3.15. The fourth-order valence-electron chi connectivity index (χ4n) is 2.42. The summed E-state index contributed by atoms with van der Waals surface area (Å²) in [7, 11) is 0. The fourth-order valence-corrected chi connectivity index (χ4v) is 3.31. The molecule has 0 aliphatic heterocycles. The minimum atomic E-state index is -0.506. The summed E-state index contributed by atoms with van der Waals surface area (Å²) in [6, 6.07) is 0.322. The van der Waals surface area contributed by atoms with Gasteiger partial charge in [0.2, 0.25) is 0 Å². The van der Waals surface area contributed by atoms with Crippen molar-refractivity contribution >= 4 is 27.4 Å². The lowest BCUT2D eigenvalue weighted by atomic mass is 9.77. The van der Waals surface area contributed by atoms with Crippen LogP contribution in [-0.2, 0) is 0 Å². The van der Waals surface area contributed by atoms with Crippen molar-refractivity contribution in [2.45, 2.75) is 38.3 Å². The first-order valence-corrected chi connectivity index (χ1v) is 6.61. The highest BCUT2D eigenvalue weighted by Gasteiger charge is 2.38. The summed E-state index contributed by atoms with van der Waals surface area (Å²) in [5, 5.41) is 16.3. The SMILES string of the molecule is Cc1csc2ncnc(NC3CC(C)(O)C3)c12. The standard InChI is InChI=1S/C12H15N3OS/c1-7-5-17-11-9(7)10(13-6-14-11)15-8-3-12(2,16)4-8/h5-6,8,16H,3-4H2,1-2H3,(H,13,14,15). The van der Waals surface area contributed by atoms with Gasteiger partial charge in [-0.3, -0.25) is 0 Å². The molecule has 17 heavy (non-hydrogen) atoms.